The standard InChI is InChI=1S/C29H28N2O2/c1-22(18-24-12-6-3-7-13-24)20-30-31-27(23(2)19-25-14-8-4-9-15-25)28(29(31)32)33-21-26-16-10-5-11-17-26/h3-20,27-28H,21H2,1-2H3/b22-18+,23-19+,30-20+/t27-,28+/m0/s1. The molecule has 0 N–H and O–H groups in total. The summed E-state index contributed by atoms with van der Waals surface area (Å²) in [5, 5.41) is 6.06. The lowest BCUT2D eigenvalue weighted by Crippen LogP contribution is -2.63. The average molecular weight is 437 g/mol. The number of carbonyl (C=O) groups is 1. The molecule has 3 aromatic rings. The fraction of sp³-hybridized carbons (Fsp3) is 0.172. The summed E-state index contributed by atoms with van der Waals surface area (Å²) in [5.74, 6) is -0.125. The Morgan fingerprint density at radius 1 is 0.848 bits per heavy atom. The molecule has 1 saturated heterocycles. The molecule has 1 aliphatic heterocycles. The highest BCUT2D eigenvalue weighted by atomic mass is 16.5. The summed E-state index contributed by atoms with van der Waals surface area (Å²) < 4.78 is 6.06. The lowest BCUT2D eigenvalue weighted by atomic mass is 9.92. The van der Waals surface area contributed by atoms with Crippen molar-refractivity contribution >= 4 is 24.3 Å². The molecule has 33 heavy (non-hydrogen) atoms. The molecular formula is C29H28N2O2. The molecule has 4 rings (SSSR count). The summed E-state index contributed by atoms with van der Waals surface area (Å²) in [6.07, 6.45) is 5.31. The van der Waals surface area contributed by atoms with E-state index in [1.165, 1.54) is 5.01 Å². The van der Waals surface area contributed by atoms with Crippen LogP contribution >= 0.6 is 0 Å². The highest BCUT2D eigenvalue weighted by Crippen LogP contribution is 2.31. The number of hydrogen-bond acceptors (Lipinski definition) is 3. The lowest BCUT2D eigenvalue weighted by molar-refractivity contribution is -0.171. The number of hydrazone groups is 1. The summed E-state index contributed by atoms with van der Waals surface area (Å²) in [7, 11) is 0. The molecule has 0 spiro atoms. The number of benzene rings is 3. The molecule has 1 aliphatic rings. The maximum atomic E-state index is 13.0. The van der Waals surface area contributed by atoms with Crippen LogP contribution in [0.5, 0.6) is 0 Å². The van der Waals surface area contributed by atoms with Gasteiger partial charge in [0.25, 0.3) is 5.91 Å². The third kappa shape index (κ3) is 5.73. The molecule has 1 fully saturated rings. The van der Waals surface area contributed by atoms with Gasteiger partial charge < -0.3 is 4.74 Å². The van der Waals surface area contributed by atoms with Gasteiger partial charge in [0, 0.05) is 0 Å². The van der Waals surface area contributed by atoms with Crippen molar-refractivity contribution in [1.29, 1.82) is 0 Å². The molecule has 0 unspecified atom stereocenters. The van der Waals surface area contributed by atoms with Gasteiger partial charge in [-0.3, -0.25) is 4.79 Å². The first-order valence-electron chi connectivity index (χ1n) is 11.1. The maximum absolute atomic E-state index is 13.0. The summed E-state index contributed by atoms with van der Waals surface area (Å²) in [6, 6.07) is 29.8. The topological polar surface area (TPSA) is 41.9 Å². The van der Waals surface area contributed by atoms with Crippen LogP contribution in [0.3, 0.4) is 0 Å². The van der Waals surface area contributed by atoms with Gasteiger partial charge in [0.15, 0.2) is 6.10 Å². The number of allylic oxidation sites excluding steroid dienone is 1. The number of β-lactam (4-membered cyclic amide) rings is 1. The van der Waals surface area contributed by atoms with E-state index in [0.29, 0.717) is 6.61 Å². The number of ether oxygens (including phenoxy) is 1. The van der Waals surface area contributed by atoms with Crippen molar-refractivity contribution in [2.75, 3.05) is 0 Å². The van der Waals surface area contributed by atoms with Gasteiger partial charge in [-0.1, -0.05) is 103 Å². The molecule has 0 bridgehead atoms. The minimum atomic E-state index is -0.555. The zero-order valence-electron chi connectivity index (χ0n) is 19.0. The predicted molar refractivity (Wildman–Crippen MR) is 134 cm³/mol. The van der Waals surface area contributed by atoms with Crippen LogP contribution in [0.2, 0.25) is 0 Å². The summed E-state index contributed by atoms with van der Waals surface area (Å²) in [4.78, 5) is 13.0. The van der Waals surface area contributed by atoms with Crippen molar-refractivity contribution in [2.24, 2.45) is 5.10 Å². The van der Waals surface area contributed by atoms with Crippen LogP contribution in [0.15, 0.2) is 107 Å². The smallest absolute Gasteiger partial charge is 0.275 e. The van der Waals surface area contributed by atoms with E-state index in [1.54, 1.807) is 6.21 Å². The van der Waals surface area contributed by atoms with Crippen molar-refractivity contribution in [3.63, 3.8) is 0 Å². The van der Waals surface area contributed by atoms with Gasteiger partial charge >= 0.3 is 0 Å². The molecule has 0 aliphatic carbocycles. The molecular weight excluding hydrogens is 408 g/mol. The van der Waals surface area contributed by atoms with E-state index in [0.717, 1.165) is 27.8 Å². The SMILES string of the molecule is CC(/C=N/N1C(=O)[C@H](OCc2ccccc2)[C@@H]1/C(C)=C/c1ccccc1)=C\c1ccccc1. The van der Waals surface area contributed by atoms with Crippen LogP contribution in [0, 0.1) is 0 Å². The van der Waals surface area contributed by atoms with E-state index in [4.69, 9.17) is 4.74 Å². The highest BCUT2D eigenvalue weighted by molar-refractivity contribution is 5.92. The third-order valence-electron chi connectivity index (χ3n) is 5.53. The van der Waals surface area contributed by atoms with Gasteiger partial charge in [-0.15, -0.1) is 0 Å². The minimum absolute atomic E-state index is 0.125. The minimum Gasteiger partial charge on any atom is -0.361 e. The van der Waals surface area contributed by atoms with Crippen LogP contribution in [0.1, 0.15) is 30.5 Å². The summed E-state index contributed by atoms with van der Waals surface area (Å²) >= 11 is 0. The van der Waals surface area contributed by atoms with Crippen LogP contribution in [-0.2, 0) is 16.1 Å². The van der Waals surface area contributed by atoms with E-state index in [2.05, 4.69) is 11.2 Å². The van der Waals surface area contributed by atoms with Gasteiger partial charge in [-0.2, -0.15) is 5.10 Å². The van der Waals surface area contributed by atoms with E-state index in [9.17, 15) is 4.79 Å². The normalized spacial score (nSPS) is 19.1. The van der Waals surface area contributed by atoms with Gasteiger partial charge in [0.1, 0.15) is 6.04 Å². The Hall–Kier alpha value is -3.76. The van der Waals surface area contributed by atoms with E-state index in [-0.39, 0.29) is 11.9 Å². The number of carbonyl (C=O) groups excluding carboxylic acids is 1. The van der Waals surface area contributed by atoms with Crippen LogP contribution < -0.4 is 0 Å². The molecule has 1 heterocycles. The van der Waals surface area contributed by atoms with E-state index < -0.39 is 6.10 Å². The Bertz CT molecular complexity index is 1150. The monoisotopic (exact) mass is 436 g/mol. The molecule has 4 heteroatoms. The second kappa shape index (κ2) is 10.7. The quantitative estimate of drug-likeness (QED) is 0.322. The lowest BCUT2D eigenvalue weighted by Gasteiger charge is -2.43. The zero-order chi connectivity index (χ0) is 23.0. The molecule has 3 aromatic carbocycles. The molecule has 0 aromatic heterocycles. The maximum Gasteiger partial charge on any atom is 0.275 e. The largest absolute Gasteiger partial charge is 0.361 e. The summed E-state index contributed by atoms with van der Waals surface area (Å²) in [5.41, 5.74) is 5.21. The Balaban J connectivity index is 1.53. The van der Waals surface area contributed by atoms with Crippen molar-refractivity contribution in [3.8, 4) is 0 Å². The van der Waals surface area contributed by atoms with Gasteiger partial charge in [-0.05, 0) is 41.7 Å². The average Bonchev–Trinajstić information content (AvgIpc) is 2.84. The number of nitrogens with zero attached hydrogens (tertiary/aromatic N) is 2. The summed E-state index contributed by atoms with van der Waals surface area (Å²) in [6.45, 7) is 4.39. The first-order chi connectivity index (χ1) is 16.1. The van der Waals surface area contributed by atoms with Crippen LogP contribution in [-0.4, -0.2) is 29.3 Å². The third-order valence-corrected chi connectivity index (χ3v) is 5.53. The fourth-order valence-corrected chi connectivity index (χ4v) is 3.83. The number of hydrogen-bond donors (Lipinski definition) is 0. The van der Waals surface area contributed by atoms with Gasteiger partial charge in [-0.25, -0.2) is 5.01 Å². The number of rotatable bonds is 8. The molecule has 166 valence electrons. The van der Waals surface area contributed by atoms with Gasteiger partial charge in [0.2, 0.25) is 0 Å². The van der Waals surface area contributed by atoms with E-state index in [1.807, 2.05) is 111 Å². The van der Waals surface area contributed by atoms with Crippen molar-refractivity contribution in [1.82, 2.24) is 5.01 Å². The van der Waals surface area contributed by atoms with Crippen LogP contribution in [0.25, 0.3) is 12.2 Å². The molecule has 0 saturated carbocycles. The Labute approximate surface area is 195 Å². The first-order valence-corrected chi connectivity index (χ1v) is 11.1. The van der Waals surface area contributed by atoms with Crippen LogP contribution in [0.4, 0.5) is 0 Å². The highest BCUT2D eigenvalue weighted by Gasteiger charge is 2.49. The second-order valence-electron chi connectivity index (χ2n) is 8.19. The van der Waals surface area contributed by atoms with Gasteiger partial charge in [0.05, 0.1) is 12.8 Å². The molecule has 0 radical (unpaired) electrons. The van der Waals surface area contributed by atoms with Crippen molar-refractivity contribution in [2.45, 2.75) is 32.6 Å². The molecule has 2 atom stereocenters. The second-order valence-corrected chi connectivity index (χ2v) is 8.19. The molecule has 4 nitrogen and oxygen atoms in total. The predicted octanol–water partition coefficient (Wildman–Crippen LogP) is 5.98. The first kappa shape index (κ1) is 22.4. The fourth-order valence-electron chi connectivity index (χ4n) is 3.83. The Morgan fingerprint density at radius 2 is 1.39 bits per heavy atom. The number of amides is 1. The van der Waals surface area contributed by atoms with Crippen molar-refractivity contribution in [3.05, 3.63) is 119 Å². The zero-order valence-corrected chi connectivity index (χ0v) is 19.0. The Morgan fingerprint density at radius 3 is 2.00 bits per heavy atom. The van der Waals surface area contributed by atoms with E-state index >= 15 is 0 Å². The molecule has 1 amide bonds. The Kier molecular flexibility index (Phi) is 7.28. The van der Waals surface area contributed by atoms with Crippen molar-refractivity contribution < 1.29 is 9.53 Å².